The Morgan fingerprint density at radius 2 is 2.05 bits per heavy atom. The van der Waals surface area contributed by atoms with Gasteiger partial charge in [0.1, 0.15) is 5.54 Å². The minimum absolute atomic E-state index is 0.610. The summed E-state index contributed by atoms with van der Waals surface area (Å²) >= 11 is 5.86. The number of benzene rings is 1. The minimum atomic E-state index is -0.877. The van der Waals surface area contributed by atoms with Crippen LogP contribution in [-0.2, 0) is 4.79 Å². The smallest absolute Gasteiger partial charge is 0.329 e. The van der Waals surface area contributed by atoms with Crippen molar-refractivity contribution in [2.24, 2.45) is 0 Å². The highest BCUT2D eigenvalue weighted by molar-refractivity contribution is 6.30. The number of hydrogen-bond acceptors (Lipinski definition) is 3. The third kappa shape index (κ3) is 3.44. The molecular weight excluding hydrogens is 276 g/mol. The van der Waals surface area contributed by atoms with E-state index < -0.39 is 11.5 Å². The van der Waals surface area contributed by atoms with E-state index in [0.29, 0.717) is 17.9 Å². The molecule has 1 aromatic rings. The zero-order valence-electron chi connectivity index (χ0n) is 11.7. The molecule has 4 nitrogen and oxygen atoms in total. The van der Waals surface area contributed by atoms with Crippen molar-refractivity contribution in [2.45, 2.75) is 31.7 Å². The molecule has 0 spiro atoms. The molecule has 0 aromatic heterocycles. The molecule has 0 bridgehead atoms. The van der Waals surface area contributed by atoms with Crippen LogP contribution in [0.1, 0.15) is 26.2 Å². The highest BCUT2D eigenvalue weighted by atomic mass is 35.5. The van der Waals surface area contributed by atoms with Crippen LogP contribution in [0.2, 0.25) is 5.02 Å². The van der Waals surface area contributed by atoms with Crippen molar-refractivity contribution in [3.63, 3.8) is 0 Å². The van der Waals surface area contributed by atoms with Crippen LogP contribution in [0.5, 0.6) is 0 Å². The normalized spacial score (nSPS) is 24.1. The first-order chi connectivity index (χ1) is 9.55. The average molecular weight is 297 g/mol. The van der Waals surface area contributed by atoms with E-state index in [0.717, 1.165) is 31.7 Å². The van der Waals surface area contributed by atoms with Crippen LogP contribution in [0.25, 0.3) is 0 Å². The van der Waals surface area contributed by atoms with Gasteiger partial charge < -0.3 is 15.3 Å². The number of carboxylic acids is 1. The van der Waals surface area contributed by atoms with Gasteiger partial charge >= 0.3 is 5.97 Å². The second-order valence-corrected chi connectivity index (χ2v) is 5.74. The molecule has 0 amide bonds. The molecular formula is C15H21ClN2O2. The second kappa shape index (κ2) is 6.46. The highest BCUT2D eigenvalue weighted by Gasteiger charge is 2.39. The fourth-order valence-electron chi connectivity index (χ4n) is 2.71. The number of halogens is 1. The molecule has 110 valence electrons. The van der Waals surface area contributed by atoms with E-state index in [-0.39, 0.29) is 0 Å². The van der Waals surface area contributed by atoms with Gasteiger partial charge in [-0.25, -0.2) is 4.79 Å². The van der Waals surface area contributed by atoms with Gasteiger partial charge in [0.2, 0.25) is 0 Å². The van der Waals surface area contributed by atoms with E-state index in [1.807, 2.05) is 12.1 Å². The number of aliphatic carboxylic acids is 1. The predicted molar refractivity (Wildman–Crippen MR) is 81.4 cm³/mol. The summed E-state index contributed by atoms with van der Waals surface area (Å²) in [5.74, 6) is -0.773. The van der Waals surface area contributed by atoms with Crippen molar-refractivity contribution < 1.29 is 9.90 Å². The Balaban J connectivity index is 2.17. The Labute approximate surface area is 124 Å². The molecule has 1 atom stereocenters. The lowest BCUT2D eigenvalue weighted by atomic mass is 9.90. The summed E-state index contributed by atoms with van der Waals surface area (Å²) in [6, 6.07) is 7.20. The quantitative estimate of drug-likeness (QED) is 0.896. The molecule has 0 aliphatic carbocycles. The molecule has 20 heavy (non-hydrogen) atoms. The second-order valence-electron chi connectivity index (χ2n) is 5.31. The summed E-state index contributed by atoms with van der Waals surface area (Å²) in [5.41, 5.74) is -0.0701. The number of rotatable bonds is 4. The standard InChI is InChI=1S/C15H21ClN2O2/c1-2-18-10-3-8-15(9-11-18,14(19)20)17-13-6-4-12(16)5-7-13/h4-7,17H,2-3,8-11H2,1H3,(H,19,20). The average Bonchev–Trinajstić information content (AvgIpc) is 2.65. The molecule has 1 unspecified atom stereocenters. The maximum Gasteiger partial charge on any atom is 0.329 e. The van der Waals surface area contributed by atoms with Crippen molar-refractivity contribution in [3.05, 3.63) is 29.3 Å². The maximum atomic E-state index is 11.8. The molecule has 0 radical (unpaired) electrons. The van der Waals surface area contributed by atoms with Crippen molar-refractivity contribution >= 4 is 23.3 Å². The summed E-state index contributed by atoms with van der Waals surface area (Å²) in [4.78, 5) is 14.1. The summed E-state index contributed by atoms with van der Waals surface area (Å²) < 4.78 is 0. The Morgan fingerprint density at radius 3 is 2.65 bits per heavy atom. The van der Waals surface area contributed by atoms with Gasteiger partial charge in [0.25, 0.3) is 0 Å². The molecule has 1 aliphatic rings. The van der Waals surface area contributed by atoms with Gasteiger partial charge in [0.15, 0.2) is 0 Å². The van der Waals surface area contributed by atoms with Gasteiger partial charge in [-0.15, -0.1) is 0 Å². The molecule has 1 aromatic carbocycles. The van der Waals surface area contributed by atoms with E-state index >= 15 is 0 Å². The van der Waals surface area contributed by atoms with Crippen LogP contribution in [0, 0.1) is 0 Å². The lowest BCUT2D eigenvalue weighted by molar-refractivity contribution is -0.142. The van der Waals surface area contributed by atoms with Gasteiger partial charge in [-0.3, -0.25) is 0 Å². The number of carbonyl (C=O) groups is 1. The fraction of sp³-hybridized carbons (Fsp3) is 0.533. The van der Waals surface area contributed by atoms with Gasteiger partial charge in [-0.05, 0) is 56.6 Å². The van der Waals surface area contributed by atoms with E-state index in [4.69, 9.17) is 11.6 Å². The maximum absolute atomic E-state index is 11.8. The number of nitrogens with zero attached hydrogens (tertiary/aromatic N) is 1. The first kappa shape index (κ1) is 15.1. The molecule has 5 heteroatoms. The van der Waals surface area contributed by atoms with Crippen LogP contribution in [0.4, 0.5) is 5.69 Å². The fourth-order valence-corrected chi connectivity index (χ4v) is 2.83. The van der Waals surface area contributed by atoms with Gasteiger partial charge in [-0.2, -0.15) is 0 Å². The third-order valence-corrected chi connectivity index (χ3v) is 4.27. The predicted octanol–water partition coefficient (Wildman–Crippen LogP) is 3.08. The number of likely N-dealkylation sites (tertiary alicyclic amines) is 1. The van der Waals surface area contributed by atoms with Gasteiger partial charge in [-0.1, -0.05) is 18.5 Å². The Bertz CT molecular complexity index is 463. The third-order valence-electron chi connectivity index (χ3n) is 4.02. The van der Waals surface area contributed by atoms with Gasteiger partial charge in [0.05, 0.1) is 0 Å². The molecule has 1 heterocycles. The topological polar surface area (TPSA) is 52.6 Å². The number of nitrogens with one attached hydrogen (secondary N) is 1. The van der Waals surface area contributed by atoms with E-state index in [1.165, 1.54) is 0 Å². The molecule has 1 aliphatic heterocycles. The van der Waals surface area contributed by atoms with Crippen LogP contribution >= 0.6 is 11.6 Å². The largest absolute Gasteiger partial charge is 0.480 e. The Hall–Kier alpha value is -1.26. The summed E-state index contributed by atoms with van der Waals surface area (Å²) in [5, 5.41) is 13.6. The SMILES string of the molecule is CCN1CCCC(Nc2ccc(Cl)cc2)(C(=O)O)CC1. The van der Waals surface area contributed by atoms with Crippen LogP contribution in [0.3, 0.4) is 0 Å². The van der Waals surface area contributed by atoms with E-state index in [9.17, 15) is 9.90 Å². The molecule has 1 saturated heterocycles. The zero-order chi connectivity index (χ0) is 14.6. The lowest BCUT2D eigenvalue weighted by Gasteiger charge is -2.30. The van der Waals surface area contributed by atoms with Gasteiger partial charge in [0, 0.05) is 17.3 Å². The number of carboxylic acid groups (broad SMARTS) is 1. The number of anilines is 1. The number of hydrogen-bond donors (Lipinski definition) is 2. The highest BCUT2D eigenvalue weighted by Crippen LogP contribution is 2.28. The molecule has 2 rings (SSSR count). The Kier molecular flexibility index (Phi) is 4.89. The monoisotopic (exact) mass is 296 g/mol. The van der Waals surface area contributed by atoms with E-state index in [1.54, 1.807) is 12.1 Å². The summed E-state index contributed by atoms with van der Waals surface area (Å²) in [6.07, 6.45) is 2.14. The van der Waals surface area contributed by atoms with Crippen molar-refractivity contribution in [1.29, 1.82) is 0 Å². The first-order valence-corrected chi connectivity index (χ1v) is 7.43. The molecule has 2 N–H and O–H groups in total. The molecule has 1 fully saturated rings. The molecule has 0 saturated carbocycles. The Morgan fingerprint density at radius 1 is 1.35 bits per heavy atom. The minimum Gasteiger partial charge on any atom is -0.480 e. The van der Waals surface area contributed by atoms with E-state index in [2.05, 4.69) is 17.1 Å². The zero-order valence-corrected chi connectivity index (χ0v) is 12.5. The first-order valence-electron chi connectivity index (χ1n) is 7.05. The van der Waals surface area contributed by atoms with Crippen LogP contribution < -0.4 is 5.32 Å². The lowest BCUT2D eigenvalue weighted by Crippen LogP contribution is -2.47. The van der Waals surface area contributed by atoms with Crippen molar-refractivity contribution in [1.82, 2.24) is 4.90 Å². The van der Waals surface area contributed by atoms with Crippen LogP contribution in [0.15, 0.2) is 24.3 Å². The summed E-state index contributed by atoms with van der Waals surface area (Å²) in [6.45, 7) is 4.86. The summed E-state index contributed by atoms with van der Waals surface area (Å²) in [7, 11) is 0. The van der Waals surface area contributed by atoms with Crippen molar-refractivity contribution in [2.75, 3.05) is 25.0 Å². The van der Waals surface area contributed by atoms with Crippen molar-refractivity contribution in [3.8, 4) is 0 Å². The van der Waals surface area contributed by atoms with Crippen LogP contribution in [-0.4, -0.2) is 41.1 Å².